The number of rotatable bonds is 7. The van der Waals surface area contributed by atoms with Gasteiger partial charge in [-0.1, -0.05) is 29.5 Å². The lowest BCUT2D eigenvalue weighted by Crippen LogP contribution is -2.40. The van der Waals surface area contributed by atoms with Gasteiger partial charge in [-0.2, -0.15) is 0 Å². The highest BCUT2D eigenvalue weighted by Gasteiger charge is 2.34. The molecule has 0 saturated heterocycles. The van der Waals surface area contributed by atoms with Crippen molar-refractivity contribution in [3.8, 4) is 11.5 Å². The number of hydrogen-bond donors (Lipinski definition) is 0. The molecule has 0 unspecified atom stereocenters. The number of nitro benzene ring substituents is 1. The summed E-state index contributed by atoms with van der Waals surface area (Å²) in [6, 6.07) is 10.2. The highest BCUT2D eigenvalue weighted by molar-refractivity contribution is 7.07. The predicted molar refractivity (Wildman–Crippen MR) is 133 cm³/mol. The first kappa shape index (κ1) is 24.9. The summed E-state index contributed by atoms with van der Waals surface area (Å²) in [5.74, 6) is 0.426. The average Bonchev–Trinajstić information content (AvgIpc) is 3.17. The Hall–Kier alpha value is -4.25. The molecule has 11 heteroatoms. The lowest BCUT2D eigenvalue weighted by molar-refractivity contribution is -0.384. The van der Waals surface area contributed by atoms with E-state index in [-0.39, 0.29) is 23.4 Å². The highest BCUT2D eigenvalue weighted by atomic mass is 32.1. The van der Waals surface area contributed by atoms with E-state index in [9.17, 15) is 19.7 Å². The summed E-state index contributed by atoms with van der Waals surface area (Å²) in [6.45, 7) is 3.46. The summed E-state index contributed by atoms with van der Waals surface area (Å²) in [6.07, 6.45) is 1.69. The number of ether oxygens (including phenoxy) is 3. The Morgan fingerprint density at radius 1 is 1.19 bits per heavy atom. The van der Waals surface area contributed by atoms with Crippen molar-refractivity contribution in [1.29, 1.82) is 0 Å². The number of esters is 1. The van der Waals surface area contributed by atoms with Crippen LogP contribution in [0.3, 0.4) is 0 Å². The van der Waals surface area contributed by atoms with Crippen molar-refractivity contribution in [2.24, 2.45) is 4.99 Å². The Bertz CT molecular complexity index is 1570. The van der Waals surface area contributed by atoms with Gasteiger partial charge in [-0.3, -0.25) is 19.5 Å². The van der Waals surface area contributed by atoms with Crippen molar-refractivity contribution in [3.63, 3.8) is 0 Å². The molecule has 0 spiro atoms. The van der Waals surface area contributed by atoms with Crippen molar-refractivity contribution in [1.82, 2.24) is 4.57 Å². The number of allylic oxidation sites excluding steroid dienone is 1. The van der Waals surface area contributed by atoms with Crippen molar-refractivity contribution in [3.05, 3.63) is 94.7 Å². The van der Waals surface area contributed by atoms with Crippen molar-refractivity contribution < 1.29 is 23.9 Å². The Morgan fingerprint density at radius 3 is 2.61 bits per heavy atom. The molecule has 2 aromatic carbocycles. The van der Waals surface area contributed by atoms with Crippen LogP contribution in [0.5, 0.6) is 11.5 Å². The zero-order valence-electron chi connectivity index (χ0n) is 20.0. The molecule has 0 N–H and O–H groups in total. The van der Waals surface area contributed by atoms with Crippen LogP contribution in [0.1, 0.15) is 31.0 Å². The molecule has 0 fully saturated rings. The molecule has 0 amide bonds. The van der Waals surface area contributed by atoms with E-state index in [1.165, 1.54) is 37.0 Å². The largest absolute Gasteiger partial charge is 0.493 e. The third-order valence-corrected chi connectivity index (χ3v) is 6.60. The van der Waals surface area contributed by atoms with Gasteiger partial charge in [-0.25, -0.2) is 9.79 Å². The maximum absolute atomic E-state index is 13.6. The number of non-ortho nitro benzene ring substituents is 1. The summed E-state index contributed by atoms with van der Waals surface area (Å²) >= 11 is 1.16. The van der Waals surface area contributed by atoms with Gasteiger partial charge < -0.3 is 14.2 Å². The fourth-order valence-electron chi connectivity index (χ4n) is 4.01. The molecular formula is C25H23N3O7S. The molecule has 0 aliphatic carbocycles. The zero-order valence-corrected chi connectivity index (χ0v) is 20.8. The van der Waals surface area contributed by atoms with Gasteiger partial charge in [0, 0.05) is 12.1 Å². The Morgan fingerprint density at radius 2 is 1.94 bits per heavy atom. The van der Waals surface area contributed by atoms with Gasteiger partial charge in [0.2, 0.25) is 0 Å². The number of aromatic nitrogens is 1. The van der Waals surface area contributed by atoms with Crippen molar-refractivity contribution >= 4 is 29.1 Å². The van der Waals surface area contributed by atoms with Crippen LogP contribution in [-0.2, 0) is 9.53 Å². The summed E-state index contributed by atoms with van der Waals surface area (Å²) in [5.41, 5.74) is 1.09. The topological polar surface area (TPSA) is 122 Å². The predicted octanol–water partition coefficient (Wildman–Crippen LogP) is 2.72. The maximum Gasteiger partial charge on any atom is 0.338 e. The maximum atomic E-state index is 13.6. The lowest BCUT2D eigenvalue weighted by Gasteiger charge is -2.24. The first-order chi connectivity index (χ1) is 17.3. The zero-order chi connectivity index (χ0) is 26.0. The fourth-order valence-corrected chi connectivity index (χ4v) is 5.06. The van der Waals surface area contributed by atoms with Crippen molar-refractivity contribution in [2.75, 3.05) is 20.8 Å². The molecule has 0 saturated carbocycles. The molecule has 4 rings (SSSR count). The monoisotopic (exact) mass is 509 g/mol. The summed E-state index contributed by atoms with van der Waals surface area (Å²) in [4.78, 5) is 42.4. The van der Waals surface area contributed by atoms with Gasteiger partial charge in [0.25, 0.3) is 11.2 Å². The number of thiazole rings is 1. The lowest BCUT2D eigenvalue weighted by atomic mass is 9.95. The standard InChI is InChI=1S/C25H23N3O7S/c1-5-35-24(30)21-14(2)26-25-27(22(21)16-7-6-8-17(13-16)28(31)32)23(29)20(36-25)12-15-9-10-18(33-3)19(11-15)34-4/h6-13,22H,5H2,1-4H3/b20-12+/t22-/m1/s1. The quantitative estimate of drug-likeness (QED) is 0.273. The third-order valence-electron chi connectivity index (χ3n) is 5.62. The van der Waals surface area contributed by atoms with Crippen molar-refractivity contribution in [2.45, 2.75) is 19.9 Å². The van der Waals surface area contributed by atoms with E-state index in [0.29, 0.717) is 37.7 Å². The van der Waals surface area contributed by atoms with E-state index in [2.05, 4.69) is 4.99 Å². The van der Waals surface area contributed by atoms with Gasteiger partial charge in [0.15, 0.2) is 16.3 Å². The van der Waals surface area contributed by atoms with Crippen LogP contribution in [0.25, 0.3) is 6.08 Å². The van der Waals surface area contributed by atoms with Crippen LogP contribution in [0.2, 0.25) is 0 Å². The van der Waals surface area contributed by atoms with E-state index in [4.69, 9.17) is 14.2 Å². The second kappa shape index (κ2) is 10.2. The second-order valence-corrected chi connectivity index (χ2v) is 8.78. The van der Waals surface area contributed by atoms with Gasteiger partial charge in [-0.15, -0.1) is 0 Å². The molecule has 186 valence electrons. The van der Waals surface area contributed by atoms with Crippen LogP contribution >= 0.6 is 11.3 Å². The second-order valence-electron chi connectivity index (χ2n) is 7.77. The molecule has 2 heterocycles. The normalized spacial score (nSPS) is 15.2. The smallest absolute Gasteiger partial charge is 0.338 e. The number of methoxy groups -OCH3 is 2. The minimum absolute atomic E-state index is 0.126. The number of carbonyl (C=O) groups excluding carboxylic acids is 1. The number of benzene rings is 2. The first-order valence-corrected chi connectivity index (χ1v) is 11.8. The number of carbonyl (C=O) groups is 1. The number of nitro groups is 1. The fraction of sp³-hybridized carbons (Fsp3) is 0.240. The van der Waals surface area contributed by atoms with E-state index in [0.717, 1.165) is 11.3 Å². The molecule has 1 atom stereocenters. The van der Waals surface area contributed by atoms with Crippen LogP contribution in [0.15, 0.2) is 63.5 Å². The number of fused-ring (bicyclic) bond motifs is 1. The van der Waals surface area contributed by atoms with E-state index < -0.39 is 16.9 Å². The van der Waals surface area contributed by atoms with Crippen LogP contribution < -0.4 is 24.4 Å². The van der Waals surface area contributed by atoms with E-state index in [1.54, 1.807) is 44.2 Å². The van der Waals surface area contributed by atoms with Crippen LogP contribution in [0, 0.1) is 10.1 Å². The minimum atomic E-state index is -0.937. The molecule has 1 aliphatic heterocycles. The third kappa shape index (κ3) is 4.52. The van der Waals surface area contributed by atoms with Gasteiger partial charge >= 0.3 is 5.97 Å². The SMILES string of the molecule is CCOC(=O)C1=C(C)N=c2s/c(=C/c3ccc(OC)c(OC)c3)c(=O)n2[C@@H]1c1cccc([N+](=O)[O-])c1. The summed E-state index contributed by atoms with van der Waals surface area (Å²) in [7, 11) is 3.06. The van der Waals surface area contributed by atoms with Crippen LogP contribution in [-0.4, -0.2) is 36.3 Å². The summed E-state index contributed by atoms with van der Waals surface area (Å²) in [5, 5.41) is 11.4. The molecular weight excluding hydrogens is 486 g/mol. The summed E-state index contributed by atoms with van der Waals surface area (Å²) < 4.78 is 17.6. The van der Waals surface area contributed by atoms with Gasteiger partial charge in [0.05, 0.1) is 47.6 Å². The molecule has 36 heavy (non-hydrogen) atoms. The highest BCUT2D eigenvalue weighted by Crippen LogP contribution is 2.32. The minimum Gasteiger partial charge on any atom is -0.493 e. The Labute approximate surface area is 209 Å². The van der Waals surface area contributed by atoms with Gasteiger partial charge in [-0.05, 0) is 43.2 Å². The Kier molecular flexibility index (Phi) is 7.02. The number of nitrogens with zero attached hydrogens (tertiary/aromatic N) is 3. The van der Waals surface area contributed by atoms with Gasteiger partial charge in [0.1, 0.15) is 0 Å². The molecule has 10 nitrogen and oxygen atoms in total. The molecule has 0 bridgehead atoms. The van der Waals surface area contributed by atoms with E-state index >= 15 is 0 Å². The number of hydrogen-bond acceptors (Lipinski definition) is 9. The molecule has 1 aliphatic rings. The Balaban J connectivity index is 1.95. The molecule has 0 radical (unpaired) electrons. The average molecular weight is 510 g/mol. The van der Waals surface area contributed by atoms with E-state index in [1.807, 2.05) is 0 Å². The van der Waals surface area contributed by atoms with Crippen LogP contribution in [0.4, 0.5) is 5.69 Å². The molecule has 1 aromatic heterocycles. The first-order valence-electron chi connectivity index (χ1n) is 10.9. The molecule has 3 aromatic rings.